The van der Waals surface area contributed by atoms with Gasteiger partial charge in [-0.2, -0.15) is 5.26 Å². The third kappa shape index (κ3) is 5.18. The van der Waals surface area contributed by atoms with Gasteiger partial charge in [-0.1, -0.05) is 115 Å². The van der Waals surface area contributed by atoms with Crippen LogP contribution in [0, 0.1) is 17.9 Å². The Morgan fingerprint density at radius 1 is 0.500 bits per heavy atom. The largest absolute Gasteiger partial charge is 0.238 e. The Morgan fingerprint density at radius 3 is 1.66 bits per heavy atom. The van der Waals surface area contributed by atoms with Gasteiger partial charge in [-0.15, -0.1) is 0 Å². The molecule has 7 rings (SSSR count). The Labute approximate surface area is 255 Å². The summed E-state index contributed by atoms with van der Waals surface area (Å²) in [4.78, 5) is 18.0. The summed E-state index contributed by atoms with van der Waals surface area (Å²) >= 11 is 0. The van der Waals surface area contributed by atoms with E-state index in [-0.39, 0.29) is 0 Å². The van der Waals surface area contributed by atoms with Crippen LogP contribution in [0.15, 0.2) is 140 Å². The maximum Gasteiger partial charge on any atom is 0.189 e. The van der Waals surface area contributed by atoms with Crippen LogP contribution in [-0.2, 0) is 0 Å². The van der Waals surface area contributed by atoms with Gasteiger partial charge in [0.25, 0.3) is 0 Å². The average Bonchev–Trinajstić information content (AvgIpc) is 3.11. The predicted octanol–water partition coefficient (Wildman–Crippen LogP) is 9.78. The fraction of sp³-hybridized carbons (Fsp3) is 0. The standard InChI is InChI=1S/C39H23N5/c1-41-34-22-26(25-40)21-33(24-34)31-19-20-36-32(23-31)13-8-14-35(36)27-15-17-30(18-16-27)39-43-37(28-9-4-2-5-10-28)42-38(44-39)29-11-6-3-7-12-29/h2-24H. The van der Waals surface area contributed by atoms with Crippen LogP contribution in [0.4, 0.5) is 5.69 Å². The van der Waals surface area contributed by atoms with Crippen LogP contribution >= 0.6 is 0 Å². The molecule has 0 aliphatic rings. The third-order valence-corrected chi connectivity index (χ3v) is 7.54. The van der Waals surface area contributed by atoms with Crippen molar-refractivity contribution in [2.24, 2.45) is 0 Å². The van der Waals surface area contributed by atoms with Gasteiger partial charge in [0.2, 0.25) is 0 Å². The first-order valence-corrected chi connectivity index (χ1v) is 14.1. The van der Waals surface area contributed by atoms with E-state index < -0.39 is 0 Å². The summed E-state index contributed by atoms with van der Waals surface area (Å²) in [5, 5.41) is 11.6. The molecule has 0 aliphatic carbocycles. The van der Waals surface area contributed by atoms with E-state index in [1.54, 1.807) is 6.07 Å². The minimum Gasteiger partial charge on any atom is -0.238 e. The van der Waals surface area contributed by atoms with Gasteiger partial charge in [-0.05, 0) is 57.3 Å². The van der Waals surface area contributed by atoms with Crippen molar-refractivity contribution in [3.63, 3.8) is 0 Å². The Balaban J connectivity index is 1.26. The fourth-order valence-electron chi connectivity index (χ4n) is 5.36. The Kier molecular flexibility index (Phi) is 6.89. The number of benzene rings is 6. The highest BCUT2D eigenvalue weighted by atomic mass is 15.0. The minimum absolute atomic E-state index is 0.456. The summed E-state index contributed by atoms with van der Waals surface area (Å²) in [7, 11) is 0. The van der Waals surface area contributed by atoms with E-state index >= 15 is 0 Å². The molecule has 0 fully saturated rings. The molecule has 1 heterocycles. The van der Waals surface area contributed by atoms with Crippen molar-refractivity contribution in [2.75, 3.05) is 0 Å². The summed E-state index contributed by atoms with van der Waals surface area (Å²) in [5.74, 6) is 1.88. The van der Waals surface area contributed by atoms with Crippen LogP contribution in [0.5, 0.6) is 0 Å². The van der Waals surface area contributed by atoms with Crippen LogP contribution < -0.4 is 0 Å². The van der Waals surface area contributed by atoms with Crippen molar-refractivity contribution in [3.8, 4) is 62.5 Å². The number of nitriles is 1. The van der Waals surface area contributed by atoms with Crippen LogP contribution in [0.25, 0.3) is 72.0 Å². The normalized spacial score (nSPS) is 10.7. The highest BCUT2D eigenvalue weighted by Crippen LogP contribution is 2.34. The van der Waals surface area contributed by atoms with Crippen LogP contribution in [0.3, 0.4) is 0 Å². The molecule has 0 bridgehead atoms. The summed E-state index contributed by atoms with van der Waals surface area (Å²) < 4.78 is 0. The van der Waals surface area contributed by atoms with Crippen LogP contribution in [0.2, 0.25) is 0 Å². The molecule has 0 aliphatic heterocycles. The highest BCUT2D eigenvalue weighted by molar-refractivity contribution is 5.99. The van der Waals surface area contributed by atoms with Crippen molar-refractivity contribution >= 4 is 16.5 Å². The molecule has 0 N–H and O–H groups in total. The molecule has 6 aromatic carbocycles. The highest BCUT2D eigenvalue weighted by Gasteiger charge is 2.13. The van der Waals surface area contributed by atoms with Gasteiger partial charge >= 0.3 is 0 Å². The number of hydrogen-bond acceptors (Lipinski definition) is 4. The van der Waals surface area contributed by atoms with E-state index in [1.165, 1.54) is 0 Å². The smallest absolute Gasteiger partial charge is 0.189 e. The number of nitrogens with zero attached hydrogens (tertiary/aromatic N) is 5. The molecule has 0 radical (unpaired) electrons. The molecular formula is C39H23N5. The van der Waals surface area contributed by atoms with E-state index in [0.717, 1.165) is 49.7 Å². The molecule has 204 valence electrons. The minimum atomic E-state index is 0.456. The number of rotatable bonds is 5. The van der Waals surface area contributed by atoms with Crippen molar-refractivity contribution < 1.29 is 0 Å². The molecule has 0 amide bonds. The quantitative estimate of drug-likeness (QED) is 0.196. The van der Waals surface area contributed by atoms with Crippen LogP contribution in [-0.4, -0.2) is 15.0 Å². The third-order valence-electron chi connectivity index (χ3n) is 7.54. The van der Waals surface area contributed by atoms with Crippen molar-refractivity contribution in [3.05, 3.63) is 157 Å². The van der Waals surface area contributed by atoms with Gasteiger partial charge in [0.05, 0.1) is 12.6 Å². The lowest BCUT2D eigenvalue weighted by Crippen LogP contribution is -2.00. The molecule has 5 nitrogen and oxygen atoms in total. The van der Waals surface area contributed by atoms with E-state index in [1.807, 2.05) is 78.9 Å². The number of aromatic nitrogens is 3. The van der Waals surface area contributed by atoms with Gasteiger partial charge in [0, 0.05) is 22.3 Å². The summed E-state index contributed by atoms with van der Waals surface area (Å²) in [6.07, 6.45) is 0. The van der Waals surface area contributed by atoms with E-state index in [0.29, 0.717) is 28.7 Å². The molecule has 0 spiro atoms. The lowest BCUT2D eigenvalue weighted by molar-refractivity contribution is 1.07. The second-order valence-electron chi connectivity index (χ2n) is 10.3. The summed E-state index contributed by atoms with van der Waals surface area (Å²) in [6.45, 7) is 7.40. The van der Waals surface area contributed by atoms with E-state index in [4.69, 9.17) is 21.5 Å². The molecular weight excluding hydrogens is 538 g/mol. The summed E-state index contributed by atoms with van der Waals surface area (Å²) in [6, 6.07) is 48.2. The predicted molar refractivity (Wildman–Crippen MR) is 175 cm³/mol. The first kappa shape index (κ1) is 26.5. The number of hydrogen-bond donors (Lipinski definition) is 0. The first-order valence-electron chi connectivity index (χ1n) is 14.1. The first-order chi connectivity index (χ1) is 21.7. The van der Waals surface area contributed by atoms with E-state index in [9.17, 15) is 5.26 Å². The number of fused-ring (bicyclic) bond motifs is 1. The van der Waals surface area contributed by atoms with Crippen molar-refractivity contribution in [1.29, 1.82) is 5.26 Å². The van der Waals surface area contributed by atoms with Crippen LogP contribution in [0.1, 0.15) is 5.56 Å². The molecule has 0 atom stereocenters. The Bertz CT molecular complexity index is 2140. The topological polar surface area (TPSA) is 66.8 Å². The molecule has 5 heteroatoms. The Hall–Kier alpha value is -6.43. The van der Waals surface area contributed by atoms with Crippen molar-refractivity contribution in [1.82, 2.24) is 15.0 Å². The zero-order valence-corrected chi connectivity index (χ0v) is 23.5. The maximum absolute atomic E-state index is 9.42. The zero-order chi connectivity index (χ0) is 29.9. The van der Waals surface area contributed by atoms with Crippen molar-refractivity contribution in [2.45, 2.75) is 0 Å². The molecule has 0 saturated carbocycles. The van der Waals surface area contributed by atoms with E-state index in [2.05, 4.69) is 65.5 Å². The van der Waals surface area contributed by atoms with Gasteiger partial charge in [0.1, 0.15) is 0 Å². The maximum atomic E-state index is 9.42. The lowest BCUT2D eigenvalue weighted by Gasteiger charge is -2.11. The Morgan fingerprint density at radius 2 is 1.07 bits per heavy atom. The fourth-order valence-corrected chi connectivity index (χ4v) is 5.36. The van der Waals surface area contributed by atoms with Gasteiger partial charge in [-0.3, -0.25) is 0 Å². The summed E-state index contributed by atoms with van der Waals surface area (Å²) in [5.41, 5.74) is 7.72. The molecule has 7 aromatic rings. The zero-order valence-electron chi connectivity index (χ0n) is 23.5. The van der Waals surface area contributed by atoms with Gasteiger partial charge in [0.15, 0.2) is 23.2 Å². The molecule has 44 heavy (non-hydrogen) atoms. The second kappa shape index (κ2) is 11.4. The van der Waals surface area contributed by atoms with Gasteiger partial charge in [-0.25, -0.2) is 19.8 Å². The molecule has 0 unspecified atom stereocenters. The molecule has 0 saturated heterocycles. The average molecular weight is 562 g/mol. The second-order valence-corrected chi connectivity index (χ2v) is 10.3. The van der Waals surface area contributed by atoms with Gasteiger partial charge < -0.3 is 0 Å². The SMILES string of the molecule is [C-]#[N+]c1cc(C#N)cc(-c2ccc3c(-c4ccc(-c5nc(-c6ccccc6)nc(-c6ccccc6)n5)cc4)cccc3c2)c1. The lowest BCUT2D eigenvalue weighted by atomic mass is 9.94. The monoisotopic (exact) mass is 561 g/mol. The molecule has 1 aromatic heterocycles.